The van der Waals surface area contributed by atoms with E-state index in [1.165, 1.54) is 0 Å². The Balaban J connectivity index is 2.00. The number of rotatable bonds is 1. The molecule has 2 heterocycles. The lowest BCUT2D eigenvalue weighted by atomic mass is 10.1. The van der Waals surface area contributed by atoms with E-state index in [1.54, 1.807) is 11.0 Å². The fourth-order valence-electron chi connectivity index (χ4n) is 2.41. The summed E-state index contributed by atoms with van der Waals surface area (Å²) in [6.07, 6.45) is -0.0340. The summed E-state index contributed by atoms with van der Waals surface area (Å²) >= 11 is 0. The number of aromatic amines is 1. The fourth-order valence-corrected chi connectivity index (χ4v) is 2.41. The molecule has 0 bridgehead atoms. The van der Waals surface area contributed by atoms with Crippen LogP contribution in [0.5, 0.6) is 5.75 Å². The zero-order valence-electron chi connectivity index (χ0n) is 11.8. The second-order valence-electron chi connectivity index (χ2n) is 5.25. The number of benzene rings is 1. The van der Waals surface area contributed by atoms with Crippen molar-refractivity contribution in [2.45, 2.75) is 26.9 Å². The number of ether oxygens (including phenoxy) is 1. The fraction of sp³-hybridized carbons (Fsp3) is 0.333. The molecule has 1 aromatic heterocycles. The maximum atomic E-state index is 12.6. The van der Waals surface area contributed by atoms with E-state index in [0.29, 0.717) is 12.2 Å². The first-order valence-electron chi connectivity index (χ1n) is 6.66. The molecule has 0 saturated carbocycles. The number of anilines is 1. The second kappa shape index (κ2) is 4.67. The average molecular weight is 271 g/mol. The van der Waals surface area contributed by atoms with E-state index in [9.17, 15) is 4.79 Å². The minimum atomic E-state index is -0.102. The molecule has 0 radical (unpaired) electrons. The lowest BCUT2D eigenvalue weighted by molar-refractivity contribution is 0.0956. The molecule has 1 unspecified atom stereocenters. The van der Waals surface area contributed by atoms with Gasteiger partial charge in [0, 0.05) is 5.69 Å². The summed E-state index contributed by atoms with van der Waals surface area (Å²) in [5.41, 5.74) is 3.22. The number of H-pyrrole nitrogens is 1. The number of nitrogens with zero attached hydrogens (tertiary/aromatic N) is 2. The van der Waals surface area contributed by atoms with Crippen LogP contribution in [0.3, 0.4) is 0 Å². The van der Waals surface area contributed by atoms with Crippen molar-refractivity contribution < 1.29 is 9.53 Å². The van der Waals surface area contributed by atoms with Crippen molar-refractivity contribution in [1.29, 1.82) is 0 Å². The predicted octanol–water partition coefficient (Wildman–Crippen LogP) is 2.45. The maximum absolute atomic E-state index is 12.6. The molecular weight excluding hydrogens is 254 g/mol. The van der Waals surface area contributed by atoms with Gasteiger partial charge >= 0.3 is 0 Å². The first-order valence-corrected chi connectivity index (χ1v) is 6.66. The molecule has 1 aromatic carbocycles. The van der Waals surface area contributed by atoms with Crippen LogP contribution in [0.15, 0.2) is 24.3 Å². The predicted molar refractivity (Wildman–Crippen MR) is 76.3 cm³/mol. The highest BCUT2D eigenvalue weighted by molar-refractivity contribution is 6.06. The normalized spacial score (nSPS) is 17.6. The third-order valence-corrected chi connectivity index (χ3v) is 3.34. The molecule has 2 aromatic rings. The molecule has 3 rings (SSSR count). The smallest absolute Gasteiger partial charge is 0.279 e. The molecule has 1 aliphatic rings. The van der Waals surface area contributed by atoms with Crippen LogP contribution in [0.2, 0.25) is 0 Å². The molecule has 5 heteroatoms. The van der Waals surface area contributed by atoms with Crippen LogP contribution >= 0.6 is 0 Å². The zero-order valence-corrected chi connectivity index (χ0v) is 11.8. The highest BCUT2D eigenvalue weighted by Gasteiger charge is 2.29. The van der Waals surface area contributed by atoms with E-state index in [2.05, 4.69) is 10.2 Å². The summed E-state index contributed by atoms with van der Waals surface area (Å²) in [5, 5.41) is 6.85. The number of aromatic nitrogens is 2. The number of carbonyl (C=O) groups excluding carboxylic acids is 1. The Hall–Kier alpha value is -2.30. The van der Waals surface area contributed by atoms with Crippen LogP contribution < -0.4 is 9.64 Å². The van der Waals surface area contributed by atoms with Gasteiger partial charge in [0.15, 0.2) is 5.69 Å². The standard InChI is InChI=1S/C15H17N3O2/c1-9-4-5-13-14(6-9)20-11(3)8-18(13)15(19)12-7-10(2)16-17-12/h4-7,11H,8H2,1-3H3,(H,16,17). The molecule has 0 fully saturated rings. The van der Waals surface area contributed by atoms with Crippen LogP contribution in [-0.2, 0) is 0 Å². The van der Waals surface area contributed by atoms with Crippen LogP contribution in [0.4, 0.5) is 5.69 Å². The SMILES string of the molecule is Cc1ccc2c(c1)OC(C)CN2C(=O)c1cc(C)[nH]n1. The van der Waals surface area contributed by atoms with E-state index in [0.717, 1.165) is 22.7 Å². The number of aryl methyl sites for hydroxylation is 2. The van der Waals surface area contributed by atoms with E-state index in [1.807, 2.05) is 39.0 Å². The van der Waals surface area contributed by atoms with Gasteiger partial charge in [0.2, 0.25) is 0 Å². The summed E-state index contributed by atoms with van der Waals surface area (Å²) in [6.45, 7) is 6.37. The van der Waals surface area contributed by atoms with Crippen molar-refractivity contribution in [3.05, 3.63) is 41.2 Å². The monoisotopic (exact) mass is 271 g/mol. The first-order chi connectivity index (χ1) is 9.54. The number of hydrogen-bond acceptors (Lipinski definition) is 3. The van der Waals surface area contributed by atoms with Gasteiger partial charge in [-0.15, -0.1) is 0 Å². The van der Waals surface area contributed by atoms with Crippen LogP contribution in [0.1, 0.15) is 28.7 Å². The van der Waals surface area contributed by atoms with Crippen molar-refractivity contribution in [3.63, 3.8) is 0 Å². The van der Waals surface area contributed by atoms with E-state index in [4.69, 9.17) is 4.74 Å². The molecule has 1 amide bonds. The summed E-state index contributed by atoms with van der Waals surface area (Å²) < 4.78 is 5.81. The Kier molecular flexibility index (Phi) is 2.97. The van der Waals surface area contributed by atoms with Gasteiger partial charge in [-0.3, -0.25) is 14.8 Å². The highest BCUT2D eigenvalue weighted by atomic mass is 16.5. The van der Waals surface area contributed by atoms with Gasteiger partial charge in [-0.1, -0.05) is 6.07 Å². The Morgan fingerprint density at radius 3 is 2.90 bits per heavy atom. The molecule has 0 aliphatic carbocycles. The summed E-state index contributed by atoms with van der Waals surface area (Å²) in [7, 11) is 0. The quantitative estimate of drug-likeness (QED) is 0.866. The third-order valence-electron chi connectivity index (χ3n) is 3.34. The molecule has 0 spiro atoms. The van der Waals surface area contributed by atoms with E-state index in [-0.39, 0.29) is 12.0 Å². The summed E-state index contributed by atoms with van der Waals surface area (Å²) in [6, 6.07) is 7.62. The maximum Gasteiger partial charge on any atom is 0.279 e. The number of hydrogen-bond donors (Lipinski definition) is 1. The summed E-state index contributed by atoms with van der Waals surface area (Å²) in [5.74, 6) is 0.652. The topological polar surface area (TPSA) is 58.2 Å². The third kappa shape index (κ3) is 2.15. The highest BCUT2D eigenvalue weighted by Crippen LogP contribution is 2.34. The molecule has 1 atom stereocenters. The largest absolute Gasteiger partial charge is 0.487 e. The van der Waals surface area contributed by atoms with Gasteiger partial charge in [0.1, 0.15) is 11.9 Å². The number of carbonyl (C=O) groups is 1. The van der Waals surface area contributed by atoms with Gasteiger partial charge < -0.3 is 4.74 Å². The minimum absolute atomic E-state index is 0.0340. The zero-order chi connectivity index (χ0) is 14.3. The molecule has 1 N–H and O–H groups in total. The molecular formula is C15H17N3O2. The van der Waals surface area contributed by atoms with Crippen LogP contribution in [-0.4, -0.2) is 28.8 Å². The minimum Gasteiger partial charge on any atom is -0.487 e. The number of nitrogens with one attached hydrogen (secondary N) is 1. The summed E-state index contributed by atoms with van der Waals surface area (Å²) in [4.78, 5) is 14.3. The number of amides is 1. The Morgan fingerprint density at radius 1 is 1.40 bits per heavy atom. The molecule has 20 heavy (non-hydrogen) atoms. The van der Waals surface area contributed by atoms with Gasteiger partial charge in [-0.2, -0.15) is 5.10 Å². The van der Waals surface area contributed by atoms with E-state index >= 15 is 0 Å². The Labute approximate surface area is 117 Å². The Bertz CT molecular complexity index is 663. The van der Waals surface area contributed by atoms with Gasteiger partial charge in [-0.25, -0.2) is 0 Å². The van der Waals surface area contributed by atoms with Crippen molar-refractivity contribution >= 4 is 11.6 Å². The molecule has 104 valence electrons. The van der Waals surface area contributed by atoms with Crippen LogP contribution in [0.25, 0.3) is 0 Å². The van der Waals surface area contributed by atoms with Gasteiger partial charge in [0.25, 0.3) is 5.91 Å². The van der Waals surface area contributed by atoms with Crippen molar-refractivity contribution in [2.75, 3.05) is 11.4 Å². The molecule has 0 saturated heterocycles. The number of fused-ring (bicyclic) bond motifs is 1. The second-order valence-corrected chi connectivity index (χ2v) is 5.25. The first kappa shape index (κ1) is 12.7. The lowest BCUT2D eigenvalue weighted by Crippen LogP contribution is -2.42. The van der Waals surface area contributed by atoms with Crippen molar-refractivity contribution in [2.24, 2.45) is 0 Å². The van der Waals surface area contributed by atoms with Gasteiger partial charge in [-0.05, 0) is 44.5 Å². The van der Waals surface area contributed by atoms with Gasteiger partial charge in [0.05, 0.1) is 12.2 Å². The molecule has 1 aliphatic heterocycles. The average Bonchev–Trinajstić information content (AvgIpc) is 2.83. The van der Waals surface area contributed by atoms with Crippen molar-refractivity contribution in [3.8, 4) is 5.75 Å². The van der Waals surface area contributed by atoms with E-state index < -0.39 is 0 Å². The van der Waals surface area contributed by atoms with Crippen LogP contribution in [0, 0.1) is 13.8 Å². The molecule has 5 nitrogen and oxygen atoms in total. The Morgan fingerprint density at radius 2 is 2.20 bits per heavy atom. The lowest BCUT2D eigenvalue weighted by Gasteiger charge is -2.33. The van der Waals surface area contributed by atoms with Crippen molar-refractivity contribution in [1.82, 2.24) is 10.2 Å².